The van der Waals surface area contributed by atoms with Crippen molar-refractivity contribution in [2.45, 2.75) is 19.3 Å². The quantitative estimate of drug-likeness (QED) is 0.824. The van der Waals surface area contributed by atoms with Crippen LogP contribution in [0.2, 0.25) is 5.02 Å². The number of carbonyl (C=O) groups excluding carboxylic acids is 1. The van der Waals surface area contributed by atoms with Crippen LogP contribution < -0.4 is 4.90 Å². The number of nitrogens with zero attached hydrogens (tertiary/aromatic N) is 3. The summed E-state index contributed by atoms with van der Waals surface area (Å²) >= 11 is 6.06. The molecular formula is C20H24ClN3O2. The second-order valence-electron chi connectivity index (χ2n) is 7.35. The molecule has 3 heterocycles. The summed E-state index contributed by atoms with van der Waals surface area (Å²) in [6, 6.07) is 9.84. The van der Waals surface area contributed by atoms with Crippen LogP contribution in [0.5, 0.6) is 0 Å². The van der Waals surface area contributed by atoms with Crippen molar-refractivity contribution in [1.82, 2.24) is 9.88 Å². The smallest absolute Gasteiger partial charge is 0.230 e. The Morgan fingerprint density at radius 1 is 1.23 bits per heavy atom. The largest absolute Gasteiger partial charge is 0.383 e. The highest BCUT2D eigenvalue weighted by atomic mass is 35.5. The van der Waals surface area contributed by atoms with Gasteiger partial charge in [-0.1, -0.05) is 11.6 Å². The number of carbonyl (C=O) groups is 1. The van der Waals surface area contributed by atoms with E-state index in [4.69, 9.17) is 21.3 Å². The van der Waals surface area contributed by atoms with Crippen molar-refractivity contribution >= 4 is 34.2 Å². The Balaban J connectivity index is 1.54. The van der Waals surface area contributed by atoms with E-state index in [9.17, 15) is 4.79 Å². The number of aromatic nitrogens is 1. The summed E-state index contributed by atoms with van der Waals surface area (Å²) < 4.78 is 5.16. The van der Waals surface area contributed by atoms with Gasteiger partial charge in [-0.15, -0.1) is 0 Å². The van der Waals surface area contributed by atoms with E-state index in [2.05, 4.69) is 11.0 Å². The Hall–Kier alpha value is -1.85. The molecule has 0 bridgehead atoms. The van der Waals surface area contributed by atoms with Crippen LogP contribution in [-0.2, 0) is 9.53 Å². The predicted octanol–water partition coefficient (Wildman–Crippen LogP) is 3.35. The molecule has 1 aromatic heterocycles. The Kier molecular flexibility index (Phi) is 4.76. The number of hydrogen-bond donors (Lipinski definition) is 0. The topological polar surface area (TPSA) is 45.7 Å². The fourth-order valence-electron chi connectivity index (χ4n) is 4.28. The van der Waals surface area contributed by atoms with Gasteiger partial charge in [-0.2, -0.15) is 0 Å². The van der Waals surface area contributed by atoms with Gasteiger partial charge in [-0.05, 0) is 49.6 Å². The van der Waals surface area contributed by atoms with Crippen LogP contribution in [0.15, 0.2) is 30.3 Å². The number of amides is 1. The maximum atomic E-state index is 13.1. The Labute approximate surface area is 158 Å². The van der Waals surface area contributed by atoms with Gasteiger partial charge >= 0.3 is 0 Å². The van der Waals surface area contributed by atoms with Crippen LogP contribution in [0.1, 0.15) is 19.3 Å². The summed E-state index contributed by atoms with van der Waals surface area (Å²) in [5.41, 5.74) is 0.673. The maximum Gasteiger partial charge on any atom is 0.230 e. The summed E-state index contributed by atoms with van der Waals surface area (Å²) in [6.45, 7) is 3.75. The Morgan fingerprint density at radius 2 is 2.12 bits per heavy atom. The maximum absolute atomic E-state index is 13.1. The van der Waals surface area contributed by atoms with Crippen molar-refractivity contribution in [3.05, 3.63) is 35.4 Å². The van der Waals surface area contributed by atoms with Crippen LogP contribution in [0.4, 0.5) is 5.82 Å². The van der Waals surface area contributed by atoms with Gasteiger partial charge in [-0.25, -0.2) is 4.98 Å². The highest BCUT2D eigenvalue weighted by Gasteiger charge is 2.48. The average Bonchev–Trinajstić information content (AvgIpc) is 3.08. The van der Waals surface area contributed by atoms with Crippen LogP contribution in [0, 0.1) is 5.41 Å². The molecule has 138 valence electrons. The van der Waals surface area contributed by atoms with E-state index in [1.54, 1.807) is 7.11 Å². The number of pyridine rings is 1. The lowest BCUT2D eigenvalue weighted by Gasteiger charge is -2.39. The molecule has 2 aliphatic heterocycles. The zero-order valence-corrected chi connectivity index (χ0v) is 15.8. The van der Waals surface area contributed by atoms with Crippen LogP contribution in [-0.4, -0.2) is 55.7 Å². The third kappa shape index (κ3) is 3.14. The lowest BCUT2D eigenvalue weighted by molar-refractivity contribution is -0.145. The monoisotopic (exact) mass is 373 g/mol. The molecule has 6 heteroatoms. The zero-order valence-electron chi connectivity index (χ0n) is 15.1. The zero-order chi connectivity index (χ0) is 18.1. The second-order valence-corrected chi connectivity index (χ2v) is 7.78. The standard InChI is InChI=1S/C20H24ClN3O2/c1-26-12-11-23-9-2-7-20(19(23)25)8-10-24(14-20)18-6-3-15-13-16(21)4-5-17(15)22-18/h3-6,13H,2,7-12,14H2,1H3/t20-/m0/s1. The molecule has 2 saturated heterocycles. The summed E-state index contributed by atoms with van der Waals surface area (Å²) in [5.74, 6) is 1.23. The van der Waals surface area contributed by atoms with Gasteiger partial charge in [0, 0.05) is 43.7 Å². The average molecular weight is 374 g/mol. The third-order valence-corrected chi connectivity index (χ3v) is 5.94. The molecule has 5 nitrogen and oxygen atoms in total. The minimum absolute atomic E-state index is 0.261. The van der Waals surface area contributed by atoms with Crippen molar-refractivity contribution in [2.75, 3.05) is 44.8 Å². The van der Waals surface area contributed by atoms with Gasteiger partial charge < -0.3 is 14.5 Å². The minimum Gasteiger partial charge on any atom is -0.383 e. The van der Waals surface area contributed by atoms with E-state index in [1.807, 2.05) is 29.2 Å². The van der Waals surface area contributed by atoms with Gasteiger partial charge in [0.2, 0.25) is 5.91 Å². The van der Waals surface area contributed by atoms with Gasteiger partial charge in [0.25, 0.3) is 0 Å². The normalized spacial score (nSPS) is 23.4. The Bertz CT molecular complexity index is 828. The molecule has 0 unspecified atom stereocenters. The summed E-state index contributed by atoms with van der Waals surface area (Å²) in [5, 5.41) is 1.76. The van der Waals surface area contributed by atoms with E-state index in [0.717, 1.165) is 60.6 Å². The van der Waals surface area contributed by atoms with Crippen LogP contribution in [0.25, 0.3) is 10.9 Å². The lowest BCUT2D eigenvalue weighted by atomic mass is 9.78. The number of likely N-dealkylation sites (tertiary alicyclic amines) is 1. The predicted molar refractivity (Wildman–Crippen MR) is 104 cm³/mol. The first-order valence-corrected chi connectivity index (χ1v) is 9.59. The SMILES string of the molecule is COCCN1CCC[C@@]2(CCN(c3ccc4cc(Cl)ccc4n3)C2)C1=O. The number of piperidine rings is 1. The molecule has 26 heavy (non-hydrogen) atoms. The van der Waals surface area contributed by atoms with Crippen molar-refractivity contribution < 1.29 is 9.53 Å². The fraction of sp³-hybridized carbons (Fsp3) is 0.500. The van der Waals surface area contributed by atoms with E-state index in [1.165, 1.54) is 0 Å². The fourth-order valence-corrected chi connectivity index (χ4v) is 4.46. The van der Waals surface area contributed by atoms with Crippen molar-refractivity contribution in [2.24, 2.45) is 5.41 Å². The Morgan fingerprint density at radius 3 is 2.96 bits per heavy atom. The van der Waals surface area contributed by atoms with E-state index in [-0.39, 0.29) is 11.3 Å². The highest BCUT2D eigenvalue weighted by Crippen LogP contribution is 2.41. The van der Waals surface area contributed by atoms with Gasteiger partial charge in [0.1, 0.15) is 5.82 Å². The molecule has 1 spiro atoms. The minimum atomic E-state index is -0.261. The number of rotatable bonds is 4. The number of benzene rings is 1. The molecule has 4 rings (SSSR count). The number of halogens is 1. The van der Waals surface area contributed by atoms with E-state index >= 15 is 0 Å². The molecular weight excluding hydrogens is 350 g/mol. The highest BCUT2D eigenvalue weighted by molar-refractivity contribution is 6.31. The second kappa shape index (κ2) is 7.05. The molecule has 0 aliphatic carbocycles. The van der Waals surface area contributed by atoms with Crippen molar-refractivity contribution in [3.63, 3.8) is 0 Å². The molecule has 2 aromatic rings. The number of ether oxygens (including phenoxy) is 1. The number of anilines is 1. The van der Waals surface area contributed by atoms with Gasteiger partial charge in [-0.3, -0.25) is 4.79 Å². The molecule has 0 radical (unpaired) electrons. The molecule has 2 aliphatic rings. The van der Waals surface area contributed by atoms with Crippen molar-refractivity contribution in [1.29, 1.82) is 0 Å². The van der Waals surface area contributed by atoms with Crippen molar-refractivity contribution in [3.8, 4) is 0 Å². The molecule has 0 saturated carbocycles. The first kappa shape index (κ1) is 17.6. The number of hydrogen-bond acceptors (Lipinski definition) is 4. The third-order valence-electron chi connectivity index (χ3n) is 5.70. The molecule has 1 amide bonds. The molecule has 1 atom stereocenters. The van der Waals surface area contributed by atoms with E-state index < -0.39 is 0 Å². The van der Waals surface area contributed by atoms with Gasteiger partial charge in [0.15, 0.2) is 0 Å². The number of fused-ring (bicyclic) bond motifs is 1. The summed E-state index contributed by atoms with van der Waals surface area (Å²) in [6.07, 6.45) is 2.93. The molecule has 1 aromatic carbocycles. The number of methoxy groups -OCH3 is 1. The molecule has 0 N–H and O–H groups in total. The summed E-state index contributed by atoms with van der Waals surface area (Å²) in [4.78, 5) is 22.1. The summed E-state index contributed by atoms with van der Waals surface area (Å²) in [7, 11) is 1.68. The first-order chi connectivity index (χ1) is 12.6. The van der Waals surface area contributed by atoms with Crippen LogP contribution in [0.3, 0.4) is 0 Å². The van der Waals surface area contributed by atoms with E-state index in [0.29, 0.717) is 13.2 Å². The molecule has 2 fully saturated rings. The van der Waals surface area contributed by atoms with Gasteiger partial charge in [0.05, 0.1) is 17.5 Å². The first-order valence-electron chi connectivity index (χ1n) is 9.21. The lowest BCUT2D eigenvalue weighted by Crippen LogP contribution is -2.51. The van der Waals surface area contributed by atoms with Crippen LogP contribution >= 0.6 is 11.6 Å².